The zero-order valence-corrected chi connectivity index (χ0v) is 25.5. The summed E-state index contributed by atoms with van der Waals surface area (Å²) in [4.78, 5) is 0. The molecule has 0 atom stereocenters. The van der Waals surface area contributed by atoms with Gasteiger partial charge in [0.15, 0.2) is 20.2 Å². The van der Waals surface area contributed by atoms with Gasteiger partial charge in [0, 0.05) is 12.8 Å². The van der Waals surface area contributed by atoms with Crippen molar-refractivity contribution in [1.82, 2.24) is 9.13 Å². The smallest absolute Gasteiger partial charge is 0.485 e. The highest BCUT2D eigenvalue weighted by molar-refractivity contribution is 7.87. The van der Waals surface area contributed by atoms with Gasteiger partial charge in [-0.05, 0) is 12.8 Å². The van der Waals surface area contributed by atoms with E-state index < -0.39 is 51.5 Å². The van der Waals surface area contributed by atoms with Crippen LogP contribution >= 0.6 is 0 Å². The van der Waals surface area contributed by atoms with Crippen molar-refractivity contribution in [2.45, 2.75) is 62.9 Å². The molecule has 258 valence electrons. The molecule has 0 spiro atoms. The van der Waals surface area contributed by atoms with E-state index in [-0.39, 0.29) is 11.5 Å². The maximum absolute atomic E-state index is 10.7. The average Bonchev–Trinajstić information content (AvgIpc) is 3.42. The molecule has 0 aliphatic heterocycles. The van der Waals surface area contributed by atoms with Crippen LogP contribution in [0.1, 0.15) is 25.7 Å². The van der Waals surface area contributed by atoms with Crippen LogP contribution in [0.15, 0.2) is 37.4 Å². The van der Waals surface area contributed by atoms with Gasteiger partial charge in [-0.3, -0.25) is 9.11 Å². The zero-order valence-electron chi connectivity index (χ0n) is 22.2. The SMILES string of the molecule is O=S(=O)(O)CCC[n+]1ccn(CCCCn2cc[n+](CCCS(=O)(=O)O)c2)c1.O=S(=O)([O-])C(F)(F)F.O=S(=O)([O-])C(F)(F)F. The highest BCUT2D eigenvalue weighted by Gasteiger charge is 2.37. The molecular formula is C18H28F6N4O12S4. The van der Waals surface area contributed by atoms with Gasteiger partial charge in [0.05, 0.1) is 37.7 Å². The van der Waals surface area contributed by atoms with Crippen LogP contribution in [0.3, 0.4) is 0 Å². The fourth-order valence-electron chi connectivity index (χ4n) is 2.85. The zero-order chi connectivity index (χ0) is 34.6. The first-order valence-corrected chi connectivity index (χ1v) is 17.7. The Bertz CT molecular complexity index is 1480. The summed E-state index contributed by atoms with van der Waals surface area (Å²) >= 11 is 0. The molecule has 16 nitrogen and oxygen atoms in total. The first kappa shape index (κ1) is 41.6. The second-order valence-electron chi connectivity index (χ2n) is 8.56. The minimum Gasteiger partial charge on any atom is -0.741 e. The van der Waals surface area contributed by atoms with E-state index in [0.717, 1.165) is 25.9 Å². The first-order valence-electron chi connectivity index (χ1n) is 11.6. The number of hydrogen-bond donors (Lipinski definition) is 2. The highest BCUT2D eigenvalue weighted by Crippen LogP contribution is 2.21. The van der Waals surface area contributed by atoms with Crippen molar-refractivity contribution in [2.24, 2.45) is 0 Å². The Morgan fingerprint density at radius 3 is 1.09 bits per heavy atom. The molecule has 26 heteroatoms. The predicted octanol–water partition coefficient (Wildman–Crippen LogP) is 0.00360. The number of halogens is 6. The summed E-state index contributed by atoms with van der Waals surface area (Å²) in [7, 11) is -20.0. The van der Waals surface area contributed by atoms with Crippen LogP contribution in [0.25, 0.3) is 0 Å². The van der Waals surface area contributed by atoms with Crippen molar-refractivity contribution < 1.29 is 87.4 Å². The van der Waals surface area contributed by atoms with E-state index in [4.69, 9.17) is 35.0 Å². The number of hydrogen-bond acceptors (Lipinski definition) is 10. The van der Waals surface area contributed by atoms with Crippen molar-refractivity contribution in [3.8, 4) is 0 Å². The van der Waals surface area contributed by atoms with E-state index >= 15 is 0 Å². The topological polar surface area (TPSA) is 241 Å². The predicted molar refractivity (Wildman–Crippen MR) is 132 cm³/mol. The van der Waals surface area contributed by atoms with Crippen molar-refractivity contribution in [1.29, 1.82) is 0 Å². The second kappa shape index (κ2) is 16.8. The van der Waals surface area contributed by atoms with Crippen molar-refractivity contribution in [3.63, 3.8) is 0 Å². The lowest BCUT2D eigenvalue weighted by atomic mass is 10.3. The normalized spacial score (nSPS) is 13.0. The molecule has 0 saturated carbocycles. The average molecular weight is 735 g/mol. The minimum atomic E-state index is -6.09. The van der Waals surface area contributed by atoms with Crippen molar-refractivity contribution in [3.05, 3.63) is 37.4 Å². The third kappa shape index (κ3) is 19.8. The van der Waals surface area contributed by atoms with E-state index in [1.165, 1.54) is 0 Å². The molecule has 2 aromatic heterocycles. The summed E-state index contributed by atoms with van der Waals surface area (Å²) in [6, 6.07) is 0. The van der Waals surface area contributed by atoms with E-state index in [9.17, 15) is 43.2 Å². The second-order valence-corrected chi connectivity index (χ2v) is 14.5. The Balaban J connectivity index is 0.000000947. The third-order valence-corrected chi connectivity index (χ3v) is 7.52. The number of alkyl halides is 6. The molecule has 44 heavy (non-hydrogen) atoms. The first-order chi connectivity index (χ1) is 19.6. The van der Waals surface area contributed by atoms with E-state index in [1.54, 1.807) is 0 Å². The quantitative estimate of drug-likeness (QED) is 0.0909. The molecule has 2 N–H and O–H groups in total. The van der Waals surface area contributed by atoms with Crippen LogP contribution in [0.2, 0.25) is 0 Å². The van der Waals surface area contributed by atoms with Crippen LogP contribution in [0.4, 0.5) is 26.3 Å². The van der Waals surface area contributed by atoms with Crippen LogP contribution in [-0.2, 0) is 66.7 Å². The lowest BCUT2D eigenvalue weighted by Crippen LogP contribution is -2.32. The number of unbranched alkanes of at least 4 members (excludes halogenated alkanes) is 1. The fourth-order valence-corrected chi connectivity index (χ4v) is 3.84. The number of imidazole rings is 2. The maximum Gasteiger partial charge on any atom is 0.485 e. The summed E-state index contributed by atoms with van der Waals surface area (Å²) < 4.78 is 186. The van der Waals surface area contributed by atoms with E-state index in [1.807, 2.05) is 55.7 Å². The molecule has 0 saturated heterocycles. The number of aromatic nitrogens is 4. The Kier molecular flexibility index (Phi) is 15.9. The maximum atomic E-state index is 10.7. The Hall–Kier alpha value is -2.36. The molecular weight excluding hydrogens is 706 g/mol. The van der Waals surface area contributed by atoms with Gasteiger partial charge in [0.25, 0.3) is 20.2 Å². The van der Waals surface area contributed by atoms with Gasteiger partial charge in [0.2, 0.25) is 12.7 Å². The molecule has 0 amide bonds. The fraction of sp³-hybridized carbons (Fsp3) is 0.667. The molecule has 0 aliphatic carbocycles. The minimum absolute atomic E-state index is 0.238. The largest absolute Gasteiger partial charge is 0.741 e. The standard InChI is InChI=1S/C16H26N4O6S2.2CHF3O3S/c21-27(22,23)13-3-7-19-11-9-17(15-19)5-1-2-6-18-10-12-20(16-18)8-4-14-28(24,25)26;2*2-1(3,4)8(5,6)7/h9-12,15-16H,1-8,13-14H2;2*(H,5,6,7). The molecule has 0 aliphatic rings. The van der Waals surface area contributed by atoms with Gasteiger partial charge >= 0.3 is 11.0 Å². The number of aryl methyl sites for hydroxylation is 4. The summed E-state index contributed by atoms with van der Waals surface area (Å²) in [5.74, 6) is -0.476. The monoisotopic (exact) mass is 734 g/mol. The molecule has 0 aromatic carbocycles. The van der Waals surface area contributed by atoms with Crippen molar-refractivity contribution >= 4 is 40.5 Å². The Labute approximate surface area is 248 Å². The molecule has 2 rings (SSSR count). The molecule has 2 heterocycles. The number of nitrogens with zero attached hydrogens (tertiary/aromatic N) is 4. The third-order valence-electron chi connectivity index (χ3n) is 4.78. The van der Waals surface area contributed by atoms with Gasteiger partial charge in [-0.25, -0.2) is 35.1 Å². The molecule has 0 bridgehead atoms. The van der Waals surface area contributed by atoms with E-state index in [0.29, 0.717) is 25.9 Å². The summed E-state index contributed by atoms with van der Waals surface area (Å²) in [6.07, 6.45) is 14.2. The van der Waals surface area contributed by atoms with Crippen LogP contribution in [-0.4, -0.2) is 83.5 Å². The van der Waals surface area contributed by atoms with Gasteiger partial charge in [-0.2, -0.15) is 43.2 Å². The van der Waals surface area contributed by atoms with Gasteiger partial charge in [-0.1, -0.05) is 0 Å². The van der Waals surface area contributed by atoms with Crippen LogP contribution in [0, 0.1) is 0 Å². The van der Waals surface area contributed by atoms with Crippen LogP contribution < -0.4 is 9.13 Å². The van der Waals surface area contributed by atoms with Crippen molar-refractivity contribution in [2.75, 3.05) is 11.5 Å². The Morgan fingerprint density at radius 1 is 0.591 bits per heavy atom. The van der Waals surface area contributed by atoms with Gasteiger partial charge < -0.3 is 9.11 Å². The van der Waals surface area contributed by atoms with E-state index in [2.05, 4.69) is 0 Å². The summed E-state index contributed by atoms with van der Waals surface area (Å²) in [5, 5.41) is 0. The summed E-state index contributed by atoms with van der Waals surface area (Å²) in [5.41, 5.74) is -11.3. The van der Waals surface area contributed by atoms with Crippen LogP contribution in [0.5, 0.6) is 0 Å². The number of rotatable bonds is 13. The highest BCUT2D eigenvalue weighted by atomic mass is 32.2. The molecule has 2 aromatic rings. The van der Waals surface area contributed by atoms with Gasteiger partial charge in [-0.15, -0.1) is 0 Å². The summed E-state index contributed by atoms with van der Waals surface area (Å²) in [6.45, 7) is 2.77. The molecule has 0 fully saturated rings. The molecule has 0 radical (unpaired) electrons. The Morgan fingerprint density at radius 2 is 0.864 bits per heavy atom. The lowest BCUT2D eigenvalue weighted by molar-refractivity contribution is -0.696. The molecule has 0 unspecified atom stereocenters. The lowest BCUT2D eigenvalue weighted by Gasteiger charge is -2.08. The van der Waals surface area contributed by atoms with Gasteiger partial charge in [0.1, 0.15) is 24.8 Å².